The first kappa shape index (κ1) is 34.7. The summed E-state index contributed by atoms with van der Waals surface area (Å²) in [5.41, 5.74) is 8.42. The van der Waals surface area contributed by atoms with Gasteiger partial charge in [-0.2, -0.15) is 0 Å². The number of hydrogen-bond donors (Lipinski definition) is 2. The molecular formula is C37H54N6O4. The maximum absolute atomic E-state index is 13.1. The molecule has 3 fully saturated rings. The lowest BCUT2D eigenvalue weighted by Gasteiger charge is -2.51. The molecule has 3 heterocycles. The Balaban J connectivity index is 0.982. The molecule has 3 N–H and O–H groups in total. The predicted octanol–water partition coefficient (Wildman–Crippen LogP) is 5.64. The second-order valence-corrected chi connectivity index (χ2v) is 13.3. The normalized spacial score (nSPS) is 20.8. The fourth-order valence-corrected chi connectivity index (χ4v) is 8.12. The van der Waals surface area contributed by atoms with E-state index in [-0.39, 0.29) is 29.5 Å². The highest BCUT2D eigenvalue weighted by atomic mass is 16.6. The minimum Gasteiger partial charge on any atom is -0.446 e. The van der Waals surface area contributed by atoms with Gasteiger partial charge in [-0.25, -0.2) is 9.59 Å². The molecular weight excluding hydrogens is 592 g/mol. The number of anilines is 1. The van der Waals surface area contributed by atoms with Crippen molar-refractivity contribution in [1.29, 1.82) is 0 Å². The molecule has 3 saturated heterocycles. The van der Waals surface area contributed by atoms with Crippen LogP contribution in [-0.2, 0) is 9.53 Å². The Kier molecular flexibility index (Phi) is 12.2. The summed E-state index contributed by atoms with van der Waals surface area (Å²) in [7, 11) is 0. The van der Waals surface area contributed by atoms with Gasteiger partial charge in [0.2, 0.25) is 5.91 Å². The lowest BCUT2D eigenvalue weighted by molar-refractivity contribution is -0.131. The number of ether oxygens (including phenoxy) is 1. The Bertz CT molecular complexity index is 1330. The molecule has 1 unspecified atom stereocenters. The highest BCUT2D eigenvalue weighted by molar-refractivity contribution is 5.91. The molecule has 5 rings (SSSR count). The van der Waals surface area contributed by atoms with E-state index in [1.807, 2.05) is 64.4 Å². The lowest BCUT2D eigenvalue weighted by Crippen LogP contribution is -2.60. The molecule has 256 valence electrons. The predicted molar refractivity (Wildman–Crippen MR) is 186 cm³/mol. The molecule has 3 aliphatic rings. The van der Waals surface area contributed by atoms with Crippen molar-refractivity contribution in [3.05, 3.63) is 54.6 Å². The van der Waals surface area contributed by atoms with Gasteiger partial charge in [0.1, 0.15) is 6.10 Å². The van der Waals surface area contributed by atoms with Crippen LogP contribution >= 0.6 is 0 Å². The SMILES string of the molecule is CCC1(CC)C(C(N)=O)CCCN1CCCN1CCN(CCCN2CCC(OC(=O)Nc3ccccc3-c3ccccc3)CC2)C1=O. The van der Waals surface area contributed by atoms with Crippen LogP contribution < -0.4 is 11.1 Å². The van der Waals surface area contributed by atoms with Gasteiger partial charge in [0.05, 0.1) is 11.6 Å². The Morgan fingerprint density at radius 3 is 2.13 bits per heavy atom. The van der Waals surface area contributed by atoms with Crippen molar-refractivity contribution in [3.8, 4) is 11.1 Å². The van der Waals surface area contributed by atoms with Crippen LogP contribution in [0.2, 0.25) is 0 Å². The number of likely N-dealkylation sites (tertiary alicyclic amines) is 2. The largest absolute Gasteiger partial charge is 0.446 e. The van der Waals surface area contributed by atoms with Crippen molar-refractivity contribution in [2.45, 2.75) is 76.9 Å². The summed E-state index contributed by atoms with van der Waals surface area (Å²) >= 11 is 0. The second kappa shape index (κ2) is 16.5. The minimum absolute atomic E-state index is 0.0960. The fourth-order valence-electron chi connectivity index (χ4n) is 8.12. The number of nitrogens with zero attached hydrogens (tertiary/aromatic N) is 4. The zero-order valence-corrected chi connectivity index (χ0v) is 28.4. The van der Waals surface area contributed by atoms with E-state index in [0.29, 0.717) is 0 Å². The van der Waals surface area contributed by atoms with E-state index < -0.39 is 6.09 Å². The number of hydrogen-bond acceptors (Lipinski definition) is 6. The molecule has 0 bridgehead atoms. The fraction of sp³-hybridized carbons (Fsp3) is 0.595. The molecule has 2 aromatic rings. The van der Waals surface area contributed by atoms with Gasteiger partial charge in [0.15, 0.2) is 0 Å². The highest BCUT2D eigenvalue weighted by Crippen LogP contribution is 2.39. The average molecular weight is 647 g/mol. The van der Waals surface area contributed by atoms with Gasteiger partial charge in [-0.05, 0) is 76.1 Å². The number of para-hydroxylation sites is 1. The molecule has 0 spiro atoms. The summed E-state index contributed by atoms with van der Waals surface area (Å²) in [6, 6.07) is 17.9. The van der Waals surface area contributed by atoms with E-state index in [1.165, 1.54) is 0 Å². The topological polar surface area (TPSA) is 111 Å². The molecule has 0 aliphatic carbocycles. The first-order chi connectivity index (χ1) is 22.8. The van der Waals surface area contributed by atoms with Gasteiger partial charge in [-0.3, -0.25) is 15.0 Å². The number of rotatable bonds is 14. The summed E-state index contributed by atoms with van der Waals surface area (Å²) in [5.74, 6) is -0.271. The quantitative estimate of drug-likeness (QED) is 0.275. The third kappa shape index (κ3) is 8.46. The standard InChI is InChI=1S/C37H54N6O4/c1-3-37(4-2)32(34(38)44)16-10-23-43(37)24-12-22-42-28-27-41(36(42)46)21-11-20-40-25-18-30(19-26-40)47-35(45)39-33-17-9-8-15-31(33)29-13-6-5-7-14-29/h5-9,13-15,17,30,32H,3-4,10-12,16,18-28H2,1-2H3,(H2,38,44)(H,39,45). The van der Waals surface area contributed by atoms with Crippen molar-refractivity contribution < 1.29 is 19.1 Å². The van der Waals surface area contributed by atoms with E-state index in [2.05, 4.69) is 29.0 Å². The van der Waals surface area contributed by atoms with Gasteiger partial charge in [-0.15, -0.1) is 0 Å². The number of benzene rings is 2. The van der Waals surface area contributed by atoms with Crippen LogP contribution in [0.4, 0.5) is 15.3 Å². The van der Waals surface area contributed by atoms with Crippen LogP contribution in [0.1, 0.15) is 65.2 Å². The molecule has 0 aromatic heterocycles. The molecule has 1 atom stereocenters. The number of carbonyl (C=O) groups excluding carboxylic acids is 3. The van der Waals surface area contributed by atoms with Gasteiger partial charge < -0.3 is 25.2 Å². The van der Waals surface area contributed by atoms with Crippen LogP contribution in [0.3, 0.4) is 0 Å². The smallest absolute Gasteiger partial charge is 0.411 e. The average Bonchev–Trinajstić information content (AvgIpc) is 3.44. The Morgan fingerprint density at radius 2 is 1.47 bits per heavy atom. The first-order valence-corrected chi connectivity index (χ1v) is 17.8. The number of carbonyl (C=O) groups is 3. The van der Waals surface area contributed by atoms with E-state index in [0.717, 1.165) is 127 Å². The molecule has 10 nitrogen and oxygen atoms in total. The van der Waals surface area contributed by atoms with E-state index >= 15 is 0 Å². The van der Waals surface area contributed by atoms with Crippen molar-refractivity contribution in [2.24, 2.45) is 11.7 Å². The van der Waals surface area contributed by atoms with Crippen LogP contribution in [0, 0.1) is 5.92 Å². The Hall–Kier alpha value is -3.63. The van der Waals surface area contributed by atoms with Gasteiger partial charge >= 0.3 is 12.1 Å². The minimum atomic E-state index is -0.412. The third-order valence-electron chi connectivity index (χ3n) is 10.8. The number of amides is 4. The molecule has 2 aromatic carbocycles. The Morgan fingerprint density at radius 1 is 0.830 bits per heavy atom. The summed E-state index contributed by atoms with van der Waals surface area (Å²) in [5, 5.41) is 2.95. The van der Waals surface area contributed by atoms with Crippen molar-refractivity contribution >= 4 is 23.7 Å². The summed E-state index contributed by atoms with van der Waals surface area (Å²) in [6.07, 6.45) is 6.63. The van der Waals surface area contributed by atoms with Crippen molar-refractivity contribution in [1.82, 2.24) is 19.6 Å². The third-order valence-corrected chi connectivity index (χ3v) is 10.8. The zero-order valence-electron chi connectivity index (χ0n) is 28.4. The maximum Gasteiger partial charge on any atom is 0.411 e. The lowest BCUT2D eigenvalue weighted by atomic mass is 9.72. The number of piperidine rings is 2. The first-order valence-electron chi connectivity index (χ1n) is 17.8. The van der Waals surface area contributed by atoms with Gasteiger partial charge in [-0.1, -0.05) is 62.4 Å². The van der Waals surface area contributed by atoms with Gasteiger partial charge in [0, 0.05) is 56.9 Å². The van der Waals surface area contributed by atoms with E-state index in [4.69, 9.17) is 10.5 Å². The summed E-state index contributed by atoms with van der Waals surface area (Å²) in [6.45, 7) is 12.0. The van der Waals surface area contributed by atoms with Gasteiger partial charge in [0.25, 0.3) is 0 Å². The summed E-state index contributed by atoms with van der Waals surface area (Å²) < 4.78 is 5.80. The monoisotopic (exact) mass is 646 g/mol. The molecule has 10 heteroatoms. The highest BCUT2D eigenvalue weighted by Gasteiger charge is 2.46. The number of nitrogens with one attached hydrogen (secondary N) is 1. The molecule has 4 amide bonds. The van der Waals surface area contributed by atoms with Crippen LogP contribution in [0.5, 0.6) is 0 Å². The second-order valence-electron chi connectivity index (χ2n) is 13.3. The zero-order chi connectivity index (χ0) is 33.2. The molecule has 0 radical (unpaired) electrons. The van der Waals surface area contributed by atoms with Crippen LogP contribution in [0.25, 0.3) is 11.1 Å². The van der Waals surface area contributed by atoms with Crippen LogP contribution in [-0.4, -0.2) is 108 Å². The van der Waals surface area contributed by atoms with E-state index in [9.17, 15) is 14.4 Å². The van der Waals surface area contributed by atoms with Crippen molar-refractivity contribution in [3.63, 3.8) is 0 Å². The Labute approximate surface area is 280 Å². The van der Waals surface area contributed by atoms with E-state index in [1.54, 1.807) is 0 Å². The molecule has 3 aliphatic heterocycles. The maximum atomic E-state index is 13.1. The number of nitrogens with two attached hydrogens (primary N) is 1. The number of urea groups is 1. The number of primary amides is 1. The van der Waals surface area contributed by atoms with Crippen LogP contribution in [0.15, 0.2) is 54.6 Å². The molecule has 0 saturated carbocycles. The molecule has 47 heavy (non-hydrogen) atoms. The summed E-state index contributed by atoms with van der Waals surface area (Å²) in [4.78, 5) is 47.0. The van der Waals surface area contributed by atoms with Crippen molar-refractivity contribution in [2.75, 3.05) is 64.2 Å².